The maximum Gasteiger partial charge on any atom is 0.208 e. The summed E-state index contributed by atoms with van der Waals surface area (Å²) in [6.07, 6.45) is 2.47. The lowest BCUT2D eigenvalue weighted by atomic mass is 10.1. The van der Waals surface area contributed by atoms with Crippen LogP contribution in [0.1, 0.15) is 12.0 Å². The molecule has 0 aliphatic heterocycles. The van der Waals surface area contributed by atoms with E-state index in [-0.39, 0.29) is 5.82 Å². The van der Waals surface area contributed by atoms with Crippen LogP contribution in [0, 0.1) is 5.82 Å². The first-order valence-corrected chi connectivity index (χ1v) is 8.93. The lowest BCUT2D eigenvalue weighted by Gasteiger charge is -2.12. The number of hydrogen-bond acceptors (Lipinski definition) is 3. The number of benzene rings is 1. The van der Waals surface area contributed by atoms with Crippen molar-refractivity contribution >= 4 is 16.0 Å². The quantitative estimate of drug-likeness (QED) is 0.368. The first-order valence-electron chi connectivity index (χ1n) is 7.04. The normalized spacial score (nSPS) is 12.2. The Balaban J connectivity index is 2.20. The van der Waals surface area contributed by atoms with Crippen molar-refractivity contribution in [1.29, 1.82) is 0 Å². The van der Waals surface area contributed by atoms with Crippen molar-refractivity contribution in [3.8, 4) is 0 Å². The molecule has 1 rings (SSSR count). The van der Waals surface area contributed by atoms with E-state index in [0.717, 1.165) is 11.8 Å². The van der Waals surface area contributed by atoms with E-state index in [1.165, 1.54) is 12.1 Å². The Morgan fingerprint density at radius 2 is 1.95 bits per heavy atom. The minimum absolute atomic E-state index is 0.238. The Kier molecular flexibility index (Phi) is 7.83. The van der Waals surface area contributed by atoms with Crippen molar-refractivity contribution in [3.05, 3.63) is 35.6 Å². The highest BCUT2D eigenvalue weighted by atomic mass is 32.2. The molecule has 0 fully saturated rings. The molecule has 0 saturated carbocycles. The number of guanidine groups is 1. The van der Waals surface area contributed by atoms with E-state index >= 15 is 0 Å². The van der Waals surface area contributed by atoms with E-state index in [0.29, 0.717) is 38.4 Å². The average molecular weight is 330 g/mol. The van der Waals surface area contributed by atoms with Crippen molar-refractivity contribution in [2.75, 3.05) is 32.9 Å². The number of halogens is 1. The summed E-state index contributed by atoms with van der Waals surface area (Å²) in [7, 11) is -1.47. The zero-order valence-corrected chi connectivity index (χ0v) is 13.7. The largest absolute Gasteiger partial charge is 0.356 e. The SMILES string of the molecule is CN=C(NCCCNS(C)(=O)=O)NCCc1cccc(F)c1. The van der Waals surface area contributed by atoms with Gasteiger partial charge >= 0.3 is 0 Å². The van der Waals surface area contributed by atoms with Gasteiger partial charge in [0.05, 0.1) is 6.26 Å². The summed E-state index contributed by atoms with van der Waals surface area (Å²) < 4.78 is 37.2. The number of nitrogens with one attached hydrogen (secondary N) is 3. The van der Waals surface area contributed by atoms with Crippen LogP contribution in [0.5, 0.6) is 0 Å². The lowest BCUT2D eigenvalue weighted by molar-refractivity contribution is 0.584. The fourth-order valence-corrected chi connectivity index (χ4v) is 2.31. The molecular weight excluding hydrogens is 307 g/mol. The Morgan fingerprint density at radius 1 is 1.23 bits per heavy atom. The topological polar surface area (TPSA) is 82.6 Å². The molecule has 0 radical (unpaired) electrons. The van der Waals surface area contributed by atoms with Crippen LogP contribution in [-0.2, 0) is 16.4 Å². The first kappa shape index (κ1) is 18.4. The van der Waals surface area contributed by atoms with Gasteiger partial charge in [-0.25, -0.2) is 17.5 Å². The van der Waals surface area contributed by atoms with E-state index in [9.17, 15) is 12.8 Å². The number of nitrogens with zero attached hydrogens (tertiary/aromatic N) is 1. The summed E-state index contributed by atoms with van der Waals surface area (Å²) in [5, 5.41) is 6.21. The summed E-state index contributed by atoms with van der Waals surface area (Å²) in [4.78, 5) is 4.06. The van der Waals surface area contributed by atoms with Crippen LogP contribution in [-0.4, -0.2) is 47.3 Å². The Morgan fingerprint density at radius 3 is 2.59 bits per heavy atom. The van der Waals surface area contributed by atoms with E-state index in [1.54, 1.807) is 13.1 Å². The average Bonchev–Trinajstić information content (AvgIpc) is 2.44. The zero-order chi connectivity index (χ0) is 16.4. The second-order valence-electron chi connectivity index (χ2n) is 4.83. The van der Waals surface area contributed by atoms with Gasteiger partial charge < -0.3 is 10.6 Å². The van der Waals surface area contributed by atoms with Gasteiger partial charge in [0.1, 0.15) is 5.82 Å². The fourth-order valence-electron chi connectivity index (χ4n) is 1.79. The van der Waals surface area contributed by atoms with Gasteiger partial charge in [-0.3, -0.25) is 4.99 Å². The highest BCUT2D eigenvalue weighted by Gasteiger charge is 2.01. The van der Waals surface area contributed by atoms with Crippen LogP contribution < -0.4 is 15.4 Å². The van der Waals surface area contributed by atoms with E-state index in [2.05, 4.69) is 20.3 Å². The predicted molar refractivity (Wildman–Crippen MR) is 86.9 cm³/mol. The monoisotopic (exact) mass is 330 g/mol. The number of aliphatic imine (C=N–C) groups is 1. The fraction of sp³-hybridized carbons (Fsp3) is 0.500. The molecule has 22 heavy (non-hydrogen) atoms. The van der Waals surface area contributed by atoms with Gasteiger partial charge in [-0.2, -0.15) is 0 Å². The molecule has 0 heterocycles. The van der Waals surface area contributed by atoms with E-state index in [1.807, 2.05) is 6.07 Å². The molecule has 0 aromatic heterocycles. The van der Waals surface area contributed by atoms with Crippen molar-refractivity contribution in [2.45, 2.75) is 12.8 Å². The van der Waals surface area contributed by atoms with Crippen LogP contribution in [0.2, 0.25) is 0 Å². The van der Waals surface area contributed by atoms with Crippen LogP contribution in [0.3, 0.4) is 0 Å². The molecule has 1 aromatic carbocycles. The molecule has 0 aliphatic carbocycles. The van der Waals surface area contributed by atoms with Gasteiger partial charge in [0, 0.05) is 26.7 Å². The summed E-state index contributed by atoms with van der Waals surface area (Å²) in [6.45, 7) is 1.61. The van der Waals surface area contributed by atoms with Gasteiger partial charge in [-0.05, 0) is 30.5 Å². The van der Waals surface area contributed by atoms with Gasteiger partial charge in [0.25, 0.3) is 0 Å². The molecule has 0 aliphatic rings. The highest BCUT2D eigenvalue weighted by molar-refractivity contribution is 7.88. The lowest BCUT2D eigenvalue weighted by Crippen LogP contribution is -2.39. The summed E-state index contributed by atoms with van der Waals surface area (Å²) in [6, 6.07) is 6.49. The molecule has 8 heteroatoms. The molecule has 0 atom stereocenters. The third-order valence-corrected chi connectivity index (χ3v) is 3.56. The maximum atomic E-state index is 13.0. The number of sulfonamides is 1. The van der Waals surface area contributed by atoms with Crippen molar-refractivity contribution in [3.63, 3.8) is 0 Å². The van der Waals surface area contributed by atoms with Crippen LogP contribution in [0.25, 0.3) is 0 Å². The molecule has 1 aromatic rings. The third-order valence-electron chi connectivity index (χ3n) is 2.83. The summed E-state index contributed by atoms with van der Waals surface area (Å²) in [5.74, 6) is 0.397. The standard InChI is InChI=1S/C14H23FN4O2S/c1-16-14(17-8-4-9-19-22(2,20)21)18-10-7-12-5-3-6-13(15)11-12/h3,5-6,11,19H,4,7-10H2,1-2H3,(H2,16,17,18). The highest BCUT2D eigenvalue weighted by Crippen LogP contribution is 2.03. The molecule has 124 valence electrons. The van der Waals surface area contributed by atoms with Gasteiger partial charge in [-0.1, -0.05) is 12.1 Å². The second kappa shape index (κ2) is 9.37. The Labute approximate surface area is 131 Å². The van der Waals surface area contributed by atoms with E-state index < -0.39 is 10.0 Å². The minimum Gasteiger partial charge on any atom is -0.356 e. The van der Waals surface area contributed by atoms with E-state index in [4.69, 9.17) is 0 Å². The summed E-state index contributed by atoms with van der Waals surface area (Å²) in [5.41, 5.74) is 0.917. The van der Waals surface area contributed by atoms with Crippen LogP contribution >= 0.6 is 0 Å². The molecular formula is C14H23FN4O2S. The maximum absolute atomic E-state index is 13.0. The summed E-state index contributed by atoms with van der Waals surface area (Å²) >= 11 is 0. The zero-order valence-electron chi connectivity index (χ0n) is 12.9. The Bertz CT molecular complexity index is 590. The molecule has 0 spiro atoms. The van der Waals surface area contributed by atoms with Crippen molar-refractivity contribution in [1.82, 2.24) is 15.4 Å². The first-order chi connectivity index (χ1) is 10.4. The molecule has 0 saturated heterocycles. The van der Waals surface area contributed by atoms with Crippen LogP contribution in [0.15, 0.2) is 29.3 Å². The molecule has 6 nitrogen and oxygen atoms in total. The van der Waals surface area contributed by atoms with Crippen molar-refractivity contribution in [2.24, 2.45) is 4.99 Å². The second-order valence-corrected chi connectivity index (χ2v) is 6.66. The van der Waals surface area contributed by atoms with Gasteiger partial charge in [0.15, 0.2) is 5.96 Å². The van der Waals surface area contributed by atoms with Crippen molar-refractivity contribution < 1.29 is 12.8 Å². The van der Waals surface area contributed by atoms with Crippen LogP contribution in [0.4, 0.5) is 4.39 Å². The Hall–Kier alpha value is -1.67. The minimum atomic E-state index is -3.13. The molecule has 0 unspecified atom stereocenters. The smallest absolute Gasteiger partial charge is 0.208 e. The van der Waals surface area contributed by atoms with Gasteiger partial charge in [0.2, 0.25) is 10.0 Å². The molecule has 0 amide bonds. The number of rotatable bonds is 8. The third kappa shape index (κ3) is 8.58. The molecule has 0 bridgehead atoms. The number of hydrogen-bond donors (Lipinski definition) is 3. The van der Waals surface area contributed by atoms with Gasteiger partial charge in [-0.15, -0.1) is 0 Å². The molecule has 3 N–H and O–H groups in total. The predicted octanol–water partition coefficient (Wildman–Crippen LogP) is 0.473.